The van der Waals surface area contributed by atoms with Gasteiger partial charge in [0.2, 0.25) is 5.75 Å². The fourth-order valence-corrected chi connectivity index (χ4v) is 1.93. The second kappa shape index (κ2) is 5.48. The minimum absolute atomic E-state index is 0.00178. The molecule has 1 aromatic carbocycles. The van der Waals surface area contributed by atoms with Crippen LogP contribution in [0, 0.1) is 10.1 Å². The first-order valence-electron chi connectivity index (χ1n) is 5.88. The lowest BCUT2D eigenvalue weighted by Crippen LogP contribution is -2.37. The summed E-state index contributed by atoms with van der Waals surface area (Å²) in [7, 11) is 0. The number of carbonyl (C=O) groups excluding carboxylic acids is 1. The fourth-order valence-electron chi connectivity index (χ4n) is 1.93. The van der Waals surface area contributed by atoms with Gasteiger partial charge in [0.25, 0.3) is 0 Å². The number of ether oxygens (including phenoxy) is 1. The second-order valence-corrected chi connectivity index (χ2v) is 4.14. The van der Waals surface area contributed by atoms with Gasteiger partial charge in [0.1, 0.15) is 0 Å². The van der Waals surface area contributed by atoms with Crippen molar-refractivity contribution < 1.29 is 14.5 Å². The minimum atomic E-state index is -0.557. The third-order valence-corrected chi connectivity index (χ3v) is 2.87. The lowest BCUT2D eigenvalue weighted by atomic mass is 10.1. The van der Waals surface area contributed by atoms with Crippen molar-refractivity contribution in [3.8, 4) is 5.75 Å². The molecule has 1 aliphatic rings. The number of hydrogen-bond acceptors (Lipinski definition) is 4. The molecule has 0 radical (unpaired) electrons. The van der Waals surface area contributed by atoms with Crippen LogP contribution in [0.15, 0.2) is 24.3 Å². The first-order chi connectivity index (χ1) is 8.68. The summed E-state index contributed by atoms with van der Waals surface area (Å²) in [6.45, 7) is 1.30. The van der Waals surface area contributed by atoms with Gasteiger partial charge in [-0.25, -0.2) is 4.79 Å². The van der Waals surface area contributed by atoms with Crippen LogP contribution in [0.4, 0.5) is 10.5 Å². The van der Waals surface area contributed by atoms with E-state index in [2.05, 4.69) is 0 Å². The summed E-state index contributed by atoms with van der Waals surface area (Å²) in [5, 5.41) is 10.8. The summed E-state index contributed by atoms with van der Waals surface area (Å²) in [5.41, 5.74) is -0.192. The average Bonchev–Trinajstić information content (AvgIpc) is 2.40. The van der Waals surface area contributed by atoms with Crippen LogP contribution in [-0.4, -0.2) is 29.0 Å². The summed E-state index contributed by atoms with van der Waals surface area (Å²) >= 11 is 0. The zero-order valence-corrected chi connectivity index (χ0v) is 9.87. The van der Waals surface area contributed by atoms with E-state index in [-0.39, 0.29) is 11.4 Å². The molecule has 2 rings (SSSR count). The van der Waals surface area contributed by atoms with Crippen LogP contribution in [0.5, 0.6) is 5.75 Å². The molecule has 6 heteroatoms. The van der Waals surface area contributed by atoms with Gasteiger partial charge in [-0.15, -0.1) is 0 Å². The summed E-state index contributed by atoms with van der Waals surface area (Å²) < 4.78 is 5.09. The van der Waals surface area contributed by atoms with Gasteiger partial charge in [0.05, 0.1) is 4.92 Å². The van der Waals surface area contributed by atoms with Crippen molar-refractivity contribution in [1.82, 2.24) is 4.90 Å². The van der Waals surface area contributed by atoms with Crippen molar-refractivity contribution in [2.24, 2.45) is 0 Å². The maximum atomic E-state index is 11.8. The quantitative estimate of drug-likeness (QED) is 0.597. The predicted octanol–water partition coefficient (Wildman–Crippen LogP) is 2.58. The van der Waals surface area contributed by atoms with E-state index in [1.165, 1.54) is 18.2 Å². The van der Waals surface area contributed by atoms with E-state index in [9.17, 15) is 14.9 Å². The van der Waals surface area contributed by atoms with E-state index in [0.717, 1.165) is 19.3 Å². The van der Waals surface area contributed by atoms with E-state index in [0.29, 0.717) is 13.1 Å². The molecule has 0 aliphatic carbocycles. The van der Waals surface area contributed by atoms with Gasteiger partial charge in [-0.1, -0.05) is 12.1 Å². The van der Waals surface area contributed by atoms with Gasteiger partial charge in [0.15, 0.2) is 0 Å². The van der Waals surface area contributed by atoms with Crippen LogP contribution in [0.1, 0.15) is 19.3 Å². The lowest BCUT2D eigenvalue weighted by Gasteiger charge is -2.25. The first-order valence-corrected chi connectivity index (χ1v) is 5.88. The van der Waals surface area contributed by atoms with Crippen LogP contribution in [0.2, 0.25) is 0 Å². The summed E-state index contributed by atoms with van der Waals surface area (Å²) in [4.78, 5) is 23.6. The highest BCUT2D eigenvalue weighted by atomic mass is 16.6. The average molecular weight is 250 g/mol. The van der Waals surface area contributed by atoms with Crippen LogP contribution in [-0.2, 0) is 0 Å². The summed E-state index contributed by atoms with van der Waals surface area (Å²) in [6.07, 6.45) is 2.50. The zero-order valence-electron chi connectivity index (χ0n) is 9.87. The molecule has 1 heterocycles. The van der Waals surface area contributed by atoms with Crippen molar-refractivity contribution >= 4 is 11.8 Å². The Kier molecular flexibility index (Phi) is 3.76. The Morgan fingerprint density at radius 2 is 1.89 bits per heavy atom. The van der Waals surface area contributed by atoms with Crippen molar-refractivity contribution in [2.75, 3.05) is 13.1 Å². The molecule has 0 unspecified atom stereocenters. The Morgan fingerprint density at radius 1 is 1.22 bits per heavy atom. The number of hydrogen-bond donors (Lipinski definition) is 0. The standard InChI is InChI=1S/C12H14N2O4/c15-12(13-8-4-1-5-9-13)18-11-7-3-2-6-10(11)14(16)17/h2-3,6-7H,1,4-5,8-9H2. The summed E-state index contributed by atoms with van der Waals surface area (Å²) in [5.74, 6) is -0.00178. The first kappa shape index (κ1) is 12.3. The number of carbonyl (C=O) groups is 1. The molecule has 6 nitrogen and oxygen atoms in total. The fraction of sp³-hybridized carbons (Fsp3) is 0.417. The van der Waals surface area contributed by atoms with E-state index in [1.807, 2.05) is 0 Å². The monoisotopic (exact) mass is 250 g/mol. The Morgan fingerprint density at radius 3 is 2.56 bits per heavy atom. The second-order valence-electron chi connectivity index (χ2n) is 4.14. The van der Waals surface area contributed by atoms with E-state index in [1.54, 1.807) is 11.0 Å². The highest BCUT2D eigenvalue weighted by molar-refractivity contribution is 5.72. The smallest absolute Gasteiger partial charge is 0.403 e. The van der Waals surface area contributed by atoms with E-state index >= 15 is 0 Å². The molecular weight excluding hydrogens is 236 g/mol. The molecule has 0 bridgehead atoms. The highest BCUT2D eigenvalue weighted by Crippen LogP contribution is 2.26. The molecule has 0 N–H and O–H groups in total. The molecular formula is C12H14N2O4. The molecule has 1 saturated heterocycles. The molecule has 1 fully saturated rings. The number of rotatable bonds is 2. The Balaban J connectivity index is 2.08. The van der Waals surface area contributed by atoms with Gasteiger partial charge < -0.3 is 9.64 Å². The Bertz CT molecular complexity index is 455. The van der Waals surface area contributed by atoms with Crippen LogP contribution in [0.3, 0.4) is 0 Å². The zero-order chi connectivity index (χ0) is 13.0. The van der Waals surface area contributed by atoms with Gasteiger partial charge >= 0.3 is 11.8 Å². The predicted molar refractivity (Wildman–Crippen MR) is 64.5 cm³/mol. The summed E-state index contributed by atoms with van der Waals surface area (Å²) in [6, 6.07) is 5.89. The van der Waals surface area contributed by atoms with E-state index < -0.39 is 11.0 Å². The number of nitro groups is 1. The number of benzene rings is 1. The van der Waals surface area contributed by atoms with Crippen LogP contribution in [0.25, 0.3) is 0 Å². The maximum Gasteiger partial charge on any atom is 0.415 e. The third kappa shape index (κ3) is 2.77. The molecule has 1 aromatic rings. The SMILES string of the molecule is O=C(Oc1ccccc1[N+](=O)[O-])N1CCCCC1. The molecule has 1 amide bonds. The molecule has 0 spiro atoms. The van der Waals surface area contributed by atoms with Gasteiger partial charge in [-0.2, -0.15) is 0 Å². The maximum absolute atomic E-state index is 11.8. The molecule has 0 aromatic heterocycles. The number of para-hydroxylation sites is 2. The highest BCUT2D eigenvalue weighted by Gasteiger charge is 2.22. The number of piperidine rings is 1. The Labute approximate surface area is 104 Å². The number of amides is 1. The third-order valence-electron chi connectivity index (χ3n) is 2.87. The molecule has 96 valence electrons. The van der Waals surface area contributed by atoms with Gasteiger partial charge in [-0.3, -0.25) is 10.1 Å². The molecule has 0 atom stereocenters. The number of likely N-dealkylation sites (tertiary alicyclic amines) is 1. The normalized spacial score (nSPS) is 15.2. The number of nitro benzene ring substituents is 1. The number of nitrogens with zero attached hydrogens (tertiary/aromatic N) is 2. The van der Waals surface area contributed by atoms with Crippen molar-refractivity contribution in [2.45, 2.75) is 19.3 Å². The van der Waals surface area contributed by atoms with E-state index in [4.69, 9.17) is 4.74 Å². The van der Waals surface area contributed by atoms with Gasteiger partial charge in [-0.05, 0) is 25.3 Å². The Hall–Kier alpha value is -2.11. The van der Waals surface area contributed by atoms with Gasteiger partial charge in [0, 0.05) is 19.2 Å². The molecule has 18 heavy (non-hydrogen) atoms. The van der Waals surface area contributed by atoms with Crippen molar-refractivity contribution in [3.63, 3.8) is 0 Å². The van der Waals surface area contributed by atoms with Crippen LogP contribution < -0.4 is 4.74 Å². The molecule has 1 aliphatic heterocycles. The minimum Gasteiger partial charge on any atom is -0.403 e. The topological polar surface area (TPSA) is 72.7 Å². The largest absolute Gasteiger partial charge is 0.415 e. The van der Waals surface area contributed by atoms with Crippen molar-refractivity contribution in [1.29, 1.82) is 0 Å². The van der Waals surface area contributed by atoms with Crippen molar-refractivity contribution in [3.05, 3.63) is 34.4 Å². The lowest BCUT2D eigenvalue weighted by molar-refractivity contribution is -0.385. The molecule has 0 saturated carbocycles. The van der Waals surface area contributed by atoms with Crippen LogP contribution >= 0.6 is 0 Å².